The van der Waals surface area contributed by atoms with Crippen LogP contribution in [-0.4, -0.2) is 44.4 Å². The first-order chi connectivity index (χ1) is 9.66. The molecule has 2 atom stereocenters. The Morgan fingerprint density at radius 2 is 2.29 bits per heavy atom. The van der Waals surface area contributed by atoms with Crippen LogP contribution in [0, 0.1) is 6.92 Å². The Morgan fingerprint density at radius 1 is 1.52 bits per heavy atom. The maximum atomic E-state index is 11.9. The molecule has 6 heteroatoms. The number of ether oxygens (including phenoxy) is 2. The lowest BCUT2D eigenvalue weighted by atomic mass is 10.2. The fourth-order valence-electron chi connectivity index (χ4n) is 2.05. The molecule has 0 aliphatic carbocycles. The molecule has 0 spiro atoms. The van der Waals surface area contributed by atoms with Gasteiger partial charge in [0.2, 0.25) is 5.91 Å². The summed E-state index contributed by atoms with van der Waals surface area (Å²) in [5.41, 5.74) is 1.09. The zero-order chi connectivity index (χ0) is 14.4. The molecule has 1 amide bonds. The summed E-state index contributed by atoms with van der Waals surface area (Å²) in [6.07, 6.45) is -0.0791. The summed E-state index contributed by atoms with van der Waals surface area (Å²) < 4.78 is 11.1. The molecule has 5 nitrogen and oxygen atoms in total. The van der Waals surface area contributed by atoms with Crippen LogP contribution in [0.3, 0.4) is 0 Å². The number of amides is 1. The van der Waals surface area contributed by atoms with Crippen LogP contribution in [0.2, 0.25) is 0 Å². The van der Waals surface area contributed by atoms with Gasteiger partial charge in [0.25, 0.3) is 0 Å². The number of aryl methyl sites for hydroxylation is 1. The Kier molecular flexibility index (Phi) is 7.50. The van der Waals surface area contributed by atoms with Crippen LogP contribution in [0.1, 0.15) is 12.5 Å². The van der Waals surface area contributed by atoms with Gasteiger partial charge in [-0.05, 0) is 25.5 Å². The van der Waals surface area contributed by atoms with Crippen molar-refractivity contribution in [2.24, 2.45) is 0 Å². The van der Waals surface area contributed by atoms with Crippen LogP contribution >= 0.6 is 12.4 Å². The van der Waals surface area contributed by atoms with Crippen molar-refractivity contribution in [1.82, 2.24) is 10.6 Å². The van der Waals surface area contributed by atoms with Crippen molar-refractivity contribution < 1.29 is 14.3 Å². The Labute approximate surface area is 131 Å². The van der Waals surface area contributed by atoms with Crippen LogP contribution in [0.25, 0.3) is 0 Å². The summed E-state index contributed by atoms with van der Waals surface area (Å²) in [5, 5.41) is 6.01. The van der Waals surface area contributed by atoms with Gasteiger partial charge in [-0.3, -0.25) is 4.79 Å². The zero-order valence-corrected chi connectivity index (χ0v) is 13.2. The molecule has 2 N–H and O–H groups in total. The lowest BCUT2D eigenvalue weighted by Crippen LogP contribution is -2.52. The first-order valence-electron chi connectivity index (χ1n) is 6.98. The van der Waals surface area contributed by atoms with Crippen molar-refractivity contribution in [2.45, 2.75) is 26.0 Å². The highest BCUT2D eigenvalue weighted by Gasteiger charge is 2.21. The molecule has 1 aliphatic heterocycles. The van der Waals surface area contributed by atoms with Gasteiger partial charge in [-0.2, -0.15) is 0 Å². The molecule has 1 aliphatic rings. The van der Waals surface area contributed by atoms with E-state index in [4.69, 9.17) is 9.47 Å². The second kappa shape index (κ2) is 8.87. The Bertz CT molecular complexity index is 450. The predicted octanol–water partition coefficient (Wildman–Crippen LogP) is 1.29. The Morgan fingerprint density at radius 3 is 2.95 bits per heavy atom. The molecule has 0 radical (unpaired) electrons. The summed E-state index contributed by atoms with van der Waals surface area (Å²) in [5.74, 6) is 0.818. The molecular weight excluding hydrogens is 292 g/mol. The molecule has 1 aromatic rings. The molecular formula is C15H23ClN2O3. The molecule has 118 valence electrons. The lowest BCUT2D eigenvalue weighted by molar-refractivity contribution is -0.126. The summed E-state index contributed by atoms with van der Waals surface area (Å²) >= 11 is 0. The van der Waals surface area contributed by atoms with Gasteiger partial charge in [-0.25, -0.2) is 0 Å². The van der Waals surface area contributed by atoms with E-state index < -0.39 is 0 Å². The van der Waals surface area contributed by atoms with Crippen molar-refractivity contribution in [2.75, 3.05) is 26.3 Å². The summed E-state index contributed by atoms with van der Waals surface area (Å²) in [7, 11) is 0. The highest BCUT2D eigenvalue weighted by Crippen LogP contribution is 2.17. The number of benzene rings is 1. The molecule has 21 heavy (non-hydrogen) atoms. The monoisotopic (exact) mass is 314 g/mol. The van der Waals surface area contributed by atoms with Crippen molar-refractivity contribution in [3.63, 3.8) is 0 Å². The number of rotatable bonds is 5. The number of nitrogens with one attached hydrogen (secondary N) is 2. The van der Waals surface area contributed by atoms with Gasteiger partial charge >= 0.3 is 0 Å². The van der Waals surface area contributed by atoms with Crippen LogP contribution in [0.5, 0.6) is 5.75 Å². The van der Waals surface area contributed by atoms with E-state index in [0.717, 1.165) is 11.3 Å². The molecule has 2 unspecified atom stereocenters. The average Bonchev–Trinajstić information content (AvgIpc) is 2.48. The molecule has 0 saturated carbocycles. The van der Waals surface area contributed by atoms with Gasteiger partial charge in [0.1, 0.15) is 17.9 Å². The topological polar surface area (TPSA) is 59.6 Å². The van der Waals surface area contributed by atoms with Gasteiger partial charge in [-0.1, -0.05) is 18.2 Å². The highest BCUT2D eigenvalue weighted by molar-refractivity contribution is 5.85. The largest absolute Gasteiger partial charge is 0.489 e. The minimum atomic E-state index is -0.255. The number of carbonyl (C=O) groups is 1. The lowest BCUT2D eigenvalue weighted by Gasteiger charge is -2.24. The van der Waals surface area contributed by atoms with E-state index in [2.05, 4.69) is 10.6 Å². The average molecular weight is 315 g/mol. The quantitative estimate of drug-likeness (QED) is 0.860. The fraction of sp³-hybridized carbons (Fsp3) is 0.533. The molecule has 2 rings (SSSR count). The van der Waals surface area contributed by atoms with Gasteiger partial charge in [0, 0.05) is 6.54 Å². The third kappa shape index (κ3) is 5.53. The standard InChI is InChI=1S/C15H22N2O3.ClH/c1-11-5-3-4-6-14(11)20-12(2)9-17-15(18)13-10-19-8-7-16-13;/h3-6,12-13,16H,7-10H2,1-2H3,(H,17,18);1H. The van der Waals surface area contributed by atoms with Gasteiger partial charge in [-0.15, -0.1) is 12.4 Å². The van der Waals surface area contributed by atoms with Crippen LogP contribution < -0.4 is 15.4 Å². The minimum Gasteiger partial charge on any atom is -0.489 e. The first-order valence-corrected chi connectivity index (χ1v) is 6.98. The van der Waals surface area contributed by atoms with E-state index in [1.54, 1.807) is 0 Å². The first kappa shape index (κ1) is 17.8. The number of hydrogen-bond acceptors (Lipinski definition) is 4. The number of halogens is 1. The Balaban J connectivity index is 0.00000220. The number of hydrogen-bond donors (Lipinski definition) is 2. The van der Waals surface area contributed by atoms with Gasteiger partial charge in [0.05, 0.1) is 19.8 Å². The maximum absolute atomic E-state index is 11.9. The van der Waals surface area contributed by atoms with E-state index in [1.165, 1.54) is 0 Å². The fourth-order valence-corrected chi connectivity index (χ4v) is 2.05. The van der Waals surface area contributed by atoms with Crippen LogP contribution in [-0.2, 0) is 9.53 Å². The number of para-hydroxylation sites is 1. The number of carbonyl (C=O) groups excluding carboxylic acids is 1. The third-order valence-corrected chi connectivity index (χ3v) is 3.22. The second-order valence-corrected chi connectivity index (χ2v) is 5.02. The van der Waals surface area contributed by atoms with Crippen molar-refractivity contribution in [3.8, 4) is 5.75 Å². The van der Waals surface area contributed by atoms with Gasteiger partial charge in [0.15, 0.2) is 0 Å². The van der Waals surface area contributed by atoms with E-state index >= 15 is 0 Å². The minimum absolute atomic E-state index is 0. The molecule has 1 aromatic carbocycles. The SMILES string of the molecule is Cc1ccccc1OC(C)CNC(=O)C1COCCN1.Cl. The highest BCUT2D eigenvalue weighted by atomic mass is 35.5. The van der Waals surface area contributed by atoms with E-state index in [-0.39, 0.29) is 30.5 Å². The predicted molar refractivity (Wildman–Crippen MR) is 84.1 cm³/mol. The maximum Gasteiger partial charge on any atom is 0.239 e. The molecule has 1 saturated heterocycles. The Hall–Kier alpha value is -1.30. The molecule has 0 aromatic heterocycles. The normalized spacial score (nSPS) is 19.2. The van der Waals surface area contributed by atoms with Crippen LogP contribution in [0.15, 0.2) is 24.3 Å². The van der Waals surface area contributed by atoms with Gasteiger partial charge < -0.3 is 20.1 Å². The summed E-state index contributed by atoms with van der Waals surface area (Å²) in [4.78, 5) is 11.9. The molecule has 1 heterocycles. The second-order valence-electron chi connectivity index (χ2n) is 5.02. The van der Waals surface area contributed by atoms with E-state index in [0.29, 0.717) is 26.3 Å². The smallest absolute Gasteiger partial charge is 0.239 e. The van der Waals surface area contributed by atoms with E-state index in [1.807, 2.05) is 38.1 Å². The molecule has 0 bridgehead atoms. The zero-order valence-electron chi connectivity index (χ0n) is 12.4. The third-order valence-electron chi connectivity index (χ3n) is 3.22. The van der Waals surface area contributed by atoms with Crippen molar-refractivity contribution in [3.05, 3.63) is 29.8 Å². The summed E-state index contributed by atoms with van der Waals surface area (Å²) in [6, 6.07) is 7.60. The summed E-state index contributed by atoms with van der Waals surface area (Å²) in [6.45, 7) is 6.23. The molecule has 1 fully saturated rings. The van der Waals surface area contributed by atoms with Crippen molar-refractivity contribution in [1.29, 1.82) is 0 Å². The van der Waals surface area contributed by atoms with Crippen molar-refractivity contribution >= 4 is 18.3 Å². The van der Waals surface area contributed by atoms with E-state index in [9.17, 15) is 4.79 Å². The van der Waals surface area contributed by atoms with Crippen LogP contribution in [0.4, 0.5) is 0 Å². The number of morpholine rings is 1.